The van der Waals surface area contributed by atoms with Gasteiger partial charge in [0.25, 0.3) is 0 Å². The number of fused-ring (bicyclic) bond motifs is 6. The molecule has 0 bridgehead atoms. The van der Waals surface area contributed by atoms with E-state index in [1.807, 2.05) is 0 Å². The number of halogens is 1. The molecule has 0 atom stereocenters. The molecule has 0 spiro atoms. The Morgan fingerprint density at radius 1 is 0.515 bits per heavy atom. The van der Waals surface area contributed by atoms with Crippen LogP contribution in [-0.2, 0) is 0 Å². The Hall–Kier alpha value is -4.15. The predicted molar refractivity (Wildman–Crippen MR) is 136 cm³/mol. The number of hydrogen-bond donors (Lipinski definition) is 0. The quantitative estimate of drug-likeness (QED) is 0.253. The molecule has 156 valence electrons. The summed E-state index contributed by atoms with van der Waals surface area (Å²) in [6.07, 6.45) is 0. The van der Waals surface area contributed by atoms with Crippen LogP contribution in [0.4, 0.5) is 0 Å². The lowest BCUT2D eigenvalue weighted by Gasteiger charge is -2.11. The molecule has 0 saturated carbocycles. The van der Waals surface area contributed by atoms with Crippen LogP contribution in [0.2, 0.25) is 5.28 Å². The van der Waals surface area contributed by atoms with Gasteiger partial charge in [-0.15, -0.1) is 0 Å². The first-order valence-corrected chi connectivity index (χ1v) is 9.88. The highest BCUT2D eigenvalue weighted by Crippen LogP contribution is 2.34. The first kappa shape index (κ1) is 8.65. The van der Waals surface area contributed by atoms with Crippen LogP contribution >= 0.6 is 11.6 Å². The molecule has 7 aromatic rings. The van der Waals surface area contributed by atoms with Crippen molar-refractivity contribution in [3.63, 3.8) is 0 Å². The van der Waals surface area contributed by atoms with Crippen molar-refractivity contribution in [2.45, 2.75) is 0 Å². The van der Waals surface area contributed by atoms with Crippen LogP contribution in [0.3, 0.4) is 0 Å². The number of hydrogen-bond acceptors (Lipinski definition) is 2. The largest absolute Gasteiger partial charge is 0.294 e. The van der Waals surface area contributed by atoms with Gasteiger partial charge in [0.15, 0.2) is 0 Å². The van der Waals surface area contributed by atoms with E-state index in [0.717, 1.165) is 15.2 Å². The highest BCUT2D eigenvalue weighted by Gasteiger charge is 2.17. The lowest BCUT2D eigenvalue weighted by atomic mass is 10.2. The minimum Gasteiger partial charge on any atom is -0.294 e. The first-order chi connectivity index (χ1) is 22.9. The normalized spacial score (nSPS) is 18.6. The maximum Gasteiger partial charge on any atom is 0.226 e. The third kappa shape index (κ3) is 2.65. The van der Waals surface area contributed by atoms with E-state index in [9.17, 15) is 0 Å². The summed E-state index contributed by atoms with van der Waals surface area (Å²) in [6, 6.07) is -8.93. The lowest BCUT2D eigenvalue weighted by molar-refractivity contribution is 0.987. The minimum atomic E-state index is -0.674. The van der Waals surface area contributed by atoms with Crippen molar-refractivity contribution >= 4 is 55.2 Å². The molecule has 0 N–H and O–H groups in total. The Morgan fingerprint density at radius 3 is 1.15 bits per heavy atom. The van der Waals surface area contributed by atoms with Gasteiger partial charge in [0.1, 0.15) is 11.6 Å². The van der Waals surface area contributed by atoms with E-state index < -0.39 is 102 Å². The maximum absolute atomic E-state index is 8.77. The SMILES string of the molecule is [2H]c1c([2H])c([2H])c2c(c1[2H])c1c([2H])c([2H])c([2H])c([2H])c1n2-c1cc(-n2c3c([2H])c([2H])c([2H])c([2H])c3c3c([2H])c([2H])c([2H])c([2H])c32)nc(Cl)n1. The summed E-state index contributed by atoms with van der Waals surface area (Å²) in [5.41, 5.74) is -1.11. The summed E-state index contributed by atoms with van der Waals surface area (Å²) in [4.78, 5) is 8.46. The summed E-state index contributed by atoms with van der Waals surface area (Å²) >= 11 is 6.45. The van der Waals surface area contributed by atoms with Crippen molar-refractivity contribution < 1.29 is 21.9 Å². The van der Waals surface area contributed by atoms with E-state index in [0.29, 0.717) is 0 Å². The maximum atomic E-state index is 8.77. The molecule has 4 aromatic carbocycles. The molecule has 7 rings (SSSR count). The van der Waals surface area contributed by atoms with Gasteiger partial charge in [-0.25, -0.2) is 0 Å². The highest BCUT2D eigenvalue weighted by molar-refractivity contribution is 6.28. The molecule has 0 aliphatic carbocycles. The molecule has 0 aliphatic heterocycles. The molecule has 4 nitrogen and oxygen atoms in total. The summed E-state index contributed by atoms with van der Waals surface area (Å²) in [5, 5.41) is -1.46. The standard InChI is InChI=1S/C28H17ClN4/c29-28-30-26(32-22-13-5-1-9-18(22)19-10-2-6-14-23(19)32)17-27(31-28)33-24-15-7-3-11-20(24)21-12-4-8-16-25(21)33/h1-17H/i1D,2D,3D,4D,5D,6D,7D,8D,9D,10D,11D,12D,13D,14D,15D,16D. The van der Waals surface area contributed by atoms with E-state index in [1.165, 1.54) is 0 Å². The van der Waals surface area contributed by atoms with E-state index in [2.05, 4.69) is 9.97 Å². The average molecular weight is 461 g/mol. The van der Waals surface area contributed by atoms with E-state index in [1.54, 1.807) is 0 Å². The highest BCUT2D eigenvalue weighted by atomic mass is 35.5. The lowest BCUT2D eigenvalue weighted by Crippen LogP contribution is -2.04. The topological polar surface area (TPSA) is 35.6 Å². The van der Waals surface area contributed by atoms with Crippen LogP contribution in [0.1, 0.15) is 21.9 Å². The fourth-order valence-electron chi connectivity index (χ4n) is 3.92. The fourth-order valence-corrected chi connectivity index (χ4v) is 4.10. The van der Waals surface area contributed by atoms with Crippen LogP contribution in [0, 0.1) is 0 Å². The van der Waals surface area contributed by atoms with Crippen molar-refractivity contribution in [1.29, 1.82) is 0 Å². The van der Waals surface area contributed by atoms with E-state index >= 15 is 0 Å². The molecule has 0 aliphatic rings. The van der Waals surface area contributed by atoms with Gasteiger partial charge < -0.3 is 0 Å². The number of nitrogens with zero attached hydrogens (tertiary/aromatic N) is 4. The first-order valence-electron chi connectivity index (χ1n) is 17.5. The van der Waals surface area contributed by atoms with Gasteiger partial charge in [-0.1, -0.05) is 72.5 Å². The van der Waals surface area contributed by atoms with Gasteiger partial charge in [-0.2, -0.15) is 9.97 Å². The third-order valence-electron chi connectivity index (χ3n) is 5.20. The molecule has 0 radical (unpaired) electrons. The smallest absolute Gasteiger partial charge is 0.226 e. The molecule has 5 heteroatoms. The van der Waals surface area contributed by atoms with Crippen molar-refractivity contribution in [2.24, 2.45) is 0 Å². The molecular weight excluding hydrogens is 428 g/mol. The van der Waals surface area contributed by atoms with Gasteiger partial charge in [-0.3, -0.25) is 9.13 Å². The van der Waals surface area contributed by atoms with Gasteiger partial charge in [0.2, 0.25) is 5.28 Å². The average Bonchev–Trinajstić information content (AvgIpc) is 3.63. The number of para-hydroxylation sites is 4. The molecule has 0 saturated heterocycles. The Morgan fingerprint density at radius 2 is 0.818 bits per heavy atom. The van der Waals surface area contributed by atoms with Crippen LogP contribution in [0.5, 0.6) is 0 Å². The van der Waals surface area contributed by atoms with Crippen LogP contribution < -0.4 is 0 Å². The van der Waals surface area contributed by atoms with Crippen molar-refractivity contribution in [2.75, 3.05) is 0 Å². The third-order valence-corrected chi connectivity index (χ3v) is 5.36. The number of benzene rings is 4. The molecule has 3 heterocycles. The molecule has 33 heavy (non-hydrogen) atoms. The zero-order chi connectivity index (χ0) is 35.9. The van der Waals surface area contributed by atoms with Crippen LogP contribution in [-0.4, -0.2) is 19.1 Å². The molecule has 0 fully saturated rings. The number of rotatable bonds is 2. The molecule has 3 aromatic heterocycles. The fraction of sp³-hybridized carbons (Fsp3) is 0. The summed E-state index contributed by atoms with van der Waals surface area (Å²) in [5.74, 6) is -0.580. The summed E-state index contributed by atoms with van der Waals surface area (Å²) < 4.78 is 138. The van der Waals surface area contributed by atoms with Crippen molar-refractivity contribution in [1.82, 2.24) is 19.1 Å². The second-order valence-corrected chi connectivity index (χ2v) is 7.26. The molecule has 0 unspecified atom stereocenters. The van der Waals surface area contributed by atoms with Gasteiger partial charge in [0.05, 0.1) is 44.0 Å². The van der Waals surface area contributed by atoms with Crippen molar-refractivity contribution in [3.8, 4) is 11.6 Å². The minimum absolute atomic E-state index is 0.232. The van der Waals surface area contributed by atoms with Crippen LogP contribution in [0.15, 0.2) is 103 Å². The number of aromatic nitrogens is 4. The van der Waals surface area contributed by atoms with E-state index in [4.69, 9.17) is 33.5 Å². The van der Waals surface area contributed by atoms with Gasteiger partial charge in [0, 0.05) is 27.6 Å². The second-order valence-electron chi connectivity index (χ2n) is 6.92. The second kappa shape index (κ2) is 6.92. The van der Waals surface area contributed by atoms with Crippen molar-refractivity contribution in [3.05, 3.63) is 108 Å². The Kier molecular flexibility index (Phi) is 1.82. The molecular formula is C28H17ClN4. The molecule has 0 amide bonds. The zero-order valence-electron chi connectivity index (χ0n) is 32.2. The summed E-state index contributed by atoms with van der Waals surface area (Å²) in [6.45, 7) is 0. The summed E-state index contributed by atoms with van der Waals surface area (Å²) in [7, 11) is 0. The van der Waals surface area contributed by atoms with Gasteiger partial charge in [-0.05, 0) is 35.8 Å². The Bertz CT molecular complexity index is 2370. The van der Waals surface area contributed by atoms with Gasteiger partial charge >= 0.3 is 0 Å². The monoisotopic (exact) mass is 460 g/mol. The predicted octanol–water partition coefficient (Wildman–Crippen LogP) is 7.32. The Labute approximate surface area is 216 Å². The van der Waals surface area contributed by atoms with Crippen LogP contribution in [0.25, 0.3) is 55.2 Å². The Balaban J connectivity index is 1.74. The van der Waals surface area contributed by atoms with E-state index in [-0.39, 0.29) is 55.2 Å². The zero-order valence-corrected chi connectivity index (χ0v) is 17.0.